The first kappa shape index (κ1) is 16.8. The van der Waals surface area contributed by atoms with Gasteiger partial charge in [0.05, 0.1) is 0 Å². The van der Waals surface area contributed by atoms with E-state index in [1.165, 1.54) is 46.5 Å². The topological polar surface area (TPSA) is 60.2 Å². The van der Waals surface area contributed by atoms with Crippen LogP contribution in [0, 0.1) is 0 Å². The van der Waals surface area contributed by atoms with Gasteiger partial charge in [-0.2, -0.15) is 5.10 Å². The molecular formula is C14H15F3N4O2. The first-order valence-electron chi connectivity index (χ1n) is 6.70. The maximum Gasteiger partial charge on any atom is 0.573 e. The van der Waals surface area contributed by atoms with Crippen molar-refractivity contribution in [3.05, 3.63) is 42.5 Å². The number of ether oxygens (including phenoxy) is 1. The minimum Gasteiger partial charge on any atom is -0.406 e. The van der Waals surface area contributed by atoms with Gasteiger partial charge in [0.15, 0.2) is 0 Å². The molecule has 0 aliphatic carbocycles. The van der Waals surface area contributed by atoms with E-state index in [4.69, 9.17) is 0 Å². The van der Waals surface area contributed by atoms with Crippen molar-refractivity contribution in [2.75, 3.05) is 7.05 Å². The molecule has 0 N–H and O–H groups in total. The molecule has 0 bridgehead atoms. The lowest BCUT2D eigenvalue weighted by molar-refractivity contribution is -0.274. The van der Waals surface area contributed by atoms with E-state index in [1.54, 1.807) is 14.0 Å². The van der Waals surface area contributed by atoms with Gasteiger partial charge in [0, 0.05) is 13.6 Å². The summed E-state index contributed by atoms with van der Waals surface area (Å²) >= 11 is 0. The van der Waals surface area contributed by atoms with Gasteiger partial charge in [-0.15, -0.1) is 13.2 Å². The zero-order valence-corrected chi connectivity index (χ0v) is 12.5. The van der Waals surface area contributed by atoms with Gasteiger partial charge in [-0.3, -0.25) is 4.79 Å². The summed E-state index contributed by atoms with van der Waals surface area (Å²) in [5.41, 5.74) is 0.682. The maximum atomic E-state index is 12.3. The average molecular weight is 328 g/mol. The summed E-state index contributed by atoms with van der Waals surface area (Å²) in [5.74, 6) is -0.489. The average Bonchev–Trinajstić information content (AvgIpc) is 3.00. The summed E-state index contributed by atoms with van der Waals surface area (Å²) in [4.78, 5) is 17.5. The number of aromatic nitrogens is 3. The fraction of sp³-hybridized carbons (Fsp3) is 0.357. The van der Waals surface area contributed by atoms with Crippen LogP contribution in [0.3, 0.4) is 0 Å². The van der Waals surface area contributed by atoms with Crippen LogP contribution in [0.15, 0.2) is 36.9 Å². The molecule has 0 fully saturated rings. The van der Waals surface area contributed by atoms with Crippen LogP contribution < -0.4 is 4.74 Å². The van der Waals surface area contributed by atoms with E-state index >= 15 is 0 Å². The van der Waals surface area contributed by atoms with Crippen LogP contribution in [0.2, 0.25) is 0 Å². The monoisotopic (exact) mass is 328 g/mol. The lowest BCUT2D eigenvalue weighted by Crippen LogP contribution is -2.33. The number of rotatable bonds is 5. The maximum absolute atomic E-state index is 12.3. The van der Waals surface area contributed by atoms with E-state index in [2.05, 4.69) is 14.8 Å². The predicted molar refractivity (Wildman–Crippen MR) is 74.3 cm³/mol. The number of benzene rings is 1. The second-order valence-electron chi connectivity index (χ2n) is 4.94. The zero-order valence-electron chi connectivity index (χ0n) is 12.5. The van der Waals surface area contributed by atoms with Crippen molar-refractivity contribution in [1.29, 1.82) is 0 Å². The highest BCUT2D eigenvalue weighted by Gasteiger charge is 2.31. The minimum absolute atomic E-state index is 0.189. The van der Waals surface area contributed by atoms with Crippen molar-refractivity contribution in [2.24, 2.45) is 0 Å². The van der Waals surface area contributed by atoms with Crippen molar-refractivity contribution < 1.29 is 22.7 Å². The number of hydrogen-bond donors (Lipinski definition) is 0. The summed E-state index contributed by atoms with van der Waals surface area (Å²) in [7, 11) is 1.61. The highest BCUT2D eigenvalue weighted by molar-refractivity contribution is 5.79. The smallest absolute Gasteiger partial charge is 0.406 e. The van der Waals surface area contributed by atoms with Crippen LogP contribution in [0.5, 0.6) is 5.75 Å². The highest BCUT2D eigenvalue weighted by atomic mass is 19.4. The molecule has 1 amide bonds. The van der Waals surface area contributed by atoms with Crippen LogP contribution in [0.25, 0.3) is 0 Å². The Morgan fingerprint density at radius 2 is 2.00 bits per heavy atom. The first-order chi connectivity index (χ1) is 10.8. The Labute approximate surface area is 130 Å². The molecule has 6 nitrogen and oxygen atoms in total. The zero-order chi connectivity index (χ0) is 17.0. The van der Waals surface area contributed by atoms with Gasteiger partial charge in [-0.25, -0.2) is 9.67 Å². The number of alkyl halides is 3. The van der Waals surface area contributed by atoms with Crippen LogP contribution in [-0.4, -0.2) is 39.0 Å². The third-order valence-corrected chi connectivity index (χ3v) is 3.14. The Balaban J connectivity index is 1.97. The minimum atomic E-state index is -4.72. The summed E-state index contributed by atoms with van der Waals surface area (Å²) in [6.07, 6.45) is -1.94. The van der Waals surface area contributed by atoms with E-state index in [1.807, 2.05) is 0 Å². The fourth-order valence-electron chi connectivity index (χ4n) is 2.00. The molecule has 0 saturated heterocycles. The Morgan fingerprint density at radius 3 is 2.52 bits per heavy atom. The molecule has 0 aliphatic heterocycles. The van der Waals surface area contributed by atoms with Crippen LogP contribution in [0.1, 0.15) is 18.5 Å². The molecule has 1 heterocycles. The van der Waals surface area contributed by atoms with Gasteiger partial charge < -0.3 is 9.64 Å². The van der Waals surface area contributed by atoms with Crippen LogP contribution in [0.4, 0.5) is 13.2 Å². The Kier molecular flexibility index (Phi) is 4.87. The van der Waals surface area contributed by atoms with Gasteiger partial charge in [-0.05, 0) is 24.6 Å². The van der Waals surface area contributed by atoms with Gasteiger partial charge in [0.25, 0.3) is 0 Å². The third kappa shape index (κ3) is 4.70. The number of amides is 1. The molecule has 1 atom stereocenters. The summed E-state index contributed by atoms with van der Waals surface area (Å²) in [6, 6.07) is 4.86. The van der Waals surface area contributed by atoms with E-state index in [-0.39, 0.29) is 18.2 Å². The molecule has 23 heavy (non-hydrogen) atoms. The third-order valence-electron chi connectivity index (χ3n) is 3.14. The lowest BCUT2D eigenvalue weighted by atomic mass is 10.2. The SMILES string of the molecule is C[C@@H](C(=O)N(C)Cc1ccc(OC(F)(F)F)cc1)n1cncn1. The summed E-state index contributed by atoms with van der Waals surface area (Å²) in [6.45, 7) is 1.94. The van der Waals surface area contributed by atoms with E-state index in [0.717, 1.165) is 0 Å². The second-order valence-corrected chi connectivity index (χ2v) is 4.94. The van der Waals surface area contributed by atoms with Crippen molar-refractivity contribution in [3.8, 4) is 5.75 Å². The molecule has 2 aromatic rings. The fourth-order valence-corrected chi connectivity index (χ4v) is 2.00. The van der Waals surface area contributed by atoms with Gasteiger partial charge in [-0.1, -0.05) is 12.1 Å². The summed E-state index contributed by atoms with van der Waals surface area (Å²) in [5, 5.41) is 3.91. The van der Waals surface area contributed by atoms with Crippen molar-refractivity contribution in [3.63, 3.8) is 0 Å². The molecule has 0 aliphatic rings. The largest absolute Gasteiger partial charge is 0.573 e. The van der Waals surface area contributed by atoms with E-state index < -0.39 is 12.4 Å². The van der Waals surface area contributed by atoms with E-state index in [0.29, 0.717) is 5.56 Å². The molecule has 0 radical (unpaired) electrons. The predicted octanol–water partition coefficient (Wildman–Crippen LogP) is 2.40. The molecule has 0 spiro atoms. The van der Waals surface area contributed by atoms with Gasteiger partial charge >= 0.3 is 6.36 Å². The van der Waals surface area contributed by atoms with Gasteiger partial charge in [0.2, 0.25) is 5.91 Å². The molecule has 2 rings (SSSR count). The first-order valence-corrected chi connectivity index (χ1v) is 6.70. The van der Waals surface area contributed by atoms with E-state index in [9.17, 15) is 18.0 Å². The Hall–Kier alpha value is -2.58. The number of likely N-dealkylation sites (N-methyl/N-ethyl adjacent to an activating group) is 1. The Bertz CT molecular complexity index is 641. The van der Waals surface area contributed by atoms with Crippen LogP contribution >= 0.6 is 0 Å². The molecule has 9 heteroatoms. The molecule has 0 saturated carbocycles. The molecule has 0 unspecified atom stereocenters. The molecular weight excluding hydrogens is 313 g/mol. The highest BCUT2D eigenvalue weighted by Crippen LogP contribution is 2.23. The number of hydrogen-bond acceptors (Lipinski definition) is 4. The lowest BCUT2D eigenvalue weighted by Gasteiger charge is -2.21. The number of halogens is 3. The number of nitrogens with zero attached hydrogens (tertiary/aromatic N) is 4. The number of carbonyl (C=O) groups is 1. The van der Waals surface area contributed by atoms with Gasteiger partial charge in [0.1, 0.15) is 24.4 Å². The quantitative estimate of drug-likeness (QED) is 0.846. The van der Waals surface area contributed by atoms with Crippen LogP contribution in [-0.2, 0) is 11.3 Å². The second kappa shape index (κ2) is 6.67. The Morgan fingerprint density at radius 1 is 1.35 bits per heavy atom. The molecule has 1 aromatic carbocycles. The van der Waals surface area contributed by atoms with Crippen molar-refractivity contribution in [1.82, 2.24) is 19.7 Å². The number of carbonyl (C=O) groups excluding carboxylic acids is 1. The standard InChI is InChI=1S/C14H15F3N4O2/c1-10(21-9-18-8-19-21)13(22)20(2)7-11-3-5-12(6-4-11)23-14(15,16)17/h3-6,8-10H,7H2,1-2H3/t10-/m0/s1. The summed E-state index contributed by atoms with van der Waals surface area (Å²) < 4.78 is 41.5. The molecule has 1 aromatic heterocycles. The molecule has 124 valence electrons. The normalized spacial score (nSPS) is 12.7. The van der Waals surface area contributed by atoms with Crippen molar-refractivity contribution >= 4 is 5.91 Å². The van der Waals surface area contributed by atoms with Crippen molar-refractivity contribution in [2.45, 2.75) is 25.9 Å².